The van der Waals surface area contributed by atoms with Crippen LogP contribution in [-0.4, -0.2) is 0 Å². The third kappa shape index (κ3) is 3.97. The molecular weight excluding hydrogens is 297 g/mol. The van der Waals surface area contributed by atoms with Crippen LogP contribution >= 0.6 is 31.5 Å². The number of halogens is 3. The van der Waals surface area contributed by atoms with Crippen LogP contribution in [0.4, 0.5) is 0 Å². The molecule has 0 nitrogen and oxygen atoms in total. The molecule has 2 bridgehead atoms. The topological polar surface area (TPSA) is 0 Å². The van der Waals surface area contributed by atoms with Crippen molar-refractivity contribution in [1.29, 1.82) is 0 Å². The fourth-order valence-electron chi connectivity index (χ4n) is 1.33. The van der Waals surface area contributed by atoms with Crippen molar-refractivity contribution in [3.05, 3.63) is 24.3 Å². The first kappa shape index (κ1) is 12.0. The van der Waals surface area contributed by atoms with Gasteiger partial charge in [0.25, 0.3) is 0 Å². The van der Waals surface area contributed by atoms with Crippen LogP contribution in [0.15, 0.2) is 24.3 Å². The van der Waals surface area contributed by atoms with Crippen LogP contribution in [0.3, 0.4) is 0 Å². The zero-order valence-electron chi connectivity index (χ0n) is 5.65. The minimum atomic E-state index is -0.106. The molecule has 0 saturated heterocycles. The maximum absolute atomic E-state index is 4.81. The van der Waals surface area contributed by atoms with E-state index in [9.17, 15) is 0 Å². The zero-order valence-corrected chi connectivity index (χ0v) is 9.53. The Bertz CT molecular complexity index is 128. The Morgan fingerprint density at radius 3 is 1.36 bits per heavy atom. The van der Waals surface area contributed by atoms with Gasteiger partial charge in [0.15, 0.2) is 0 Å². The van der Waals surface area contributed by atoms with E-state index < -0.39 is 0 Å². The number of rotatable bonds is 0. The molecule has 0 N–H and O–H groups in total. The van der Waals surface area contributed by atoms with E-state index in [1.165, 1.54) is 6.42 Å². The molecule has 11 heavy (non-hydrogen) atoms. The monoisotopic (exact) mass is 304 g/mol. The molecule has 2 aliphatic rings. The van der Waals surface area contributed by atoms with Crippen molar-refractivity contribution >= 4 is 31.5 Å². The molecule has 68 valence electrons. The van der Waals surface area contributed by atoms with E-state index in [0.717, 1.165) is 11.8 Å². The number of hydrogen-bond acceptors (Lipinski definition) is 0. The molecule has 0 radical (unpaired) electrons. The second kappa shape index (κ2) is 6.52. The first-order valence-electron chi connectivity index (χ1n) is 3.06. The molecule has 0 aromatic carbocycles. The summed E-state index contributed by atoms with van der Waals surface area (Å²) in [5, 5.41) is 0. The maximum atomic E-state index is 4.81. The zero-order chi connectivity index (χ0) is 7.40. The Morgan fingerprint density at radius 1 is 1.00 bits per heavy atom. The number of hydrogen-bond donors (Lipinski definition) is 0. The van der Waals surface area contributed by atoms with E-state index in [4.69, 9.17) is 19.1 Å². The number of allylic oxidation sites excluding steroid dienone is 4. The van der Waals surface area contributed by atoms with Crippen LogP contribution in [0.1, 0.15) is 6.42 Å². The van der Waals surface area contributed by atoms with Gasteiger partial charge in [0.1, 0.15) is 0 Å². The molecule has 0 aliphatic heterocycles. The van der Waals surface area contributed by atoms with Crippen molar-refractivity contribution in [2.45, 2.75) is 6.42 Å². The normalized spacial score (nSPS) is 29.6. The quantitative estimate of drug-likeness (QED) is 0.474. The minimum absolute atomic E-state index is 0. The molecule has 0 spiro atoms. The molecular formula is C7H9Cl3Pd. The average Bonchev–Trinajstić information content (AvgIpc) is 2.49. The summed E-state index contributed by atoms with van der Waals surface area (Å²) in [5.74, 6) is 1.62. The molecule has 0 saturated carbocycles. The molecule has 2 aliphatic carbocycles. The molecule has 0 unspecified atom stereocenters. The van der Waals surface area contributed by atoms with Crippen LogP contribution in [-0.2, 0) is 15.9 Å². The average molecular weight is 306 g/mol. The van der Waals surface area contributed by atoms with Gasteiger partial charge in [-0.2, -0.15) is 0 Å². The van der Waals surface area contributed by atoms with Crippen molar-refractivity contribution in [3.63, 3.8) is 0 Å². The summed E-state index contributed by atoms with van der Waals surface area (Å²) in [5.41, 5.74) is 0. The van der Waals surface area contributed by atoms with E-state index >= 15 is 0 Å². The van der Waals surface area contributed by atoms with Gasteiger partial charge in [-0.1, -0.05) is 24.3 Å². The van der Waals surface area contributed by atoms with Gasteiger partial charge in [0, 0.05) is 0 Å². The van der Waals surface area contributed by atoms with Gasteiger partial charge in [-0.25, -0.2) is 0 Å². The SMILES string of the molecule is C1=CC2C=CC1C2.Cl.[Cl][Pd][Cl]. The summed E-state index contributed by atoms with van der Waals surface area (Å²) in [6.07, 6.45) is 10.5. The van der Waals surface area contributed by atoms with Crippen molar-refractivity contribution < 1.29 is 15.9 Å². The second-order valence-corrected chi connectivity index (χ2v) is 4.74. The van der Waals surface area contributed by atoms with Gasteiger partial charge in [-0.3, -0.25) is 0 Å². The Kier molecular flexibility index (Phi) is 7.12. The number of fused-ring (bicyclic) bond motifs is 2. The Morgan fingerprint density at radius 2 is 1.27 bits per heavy atom. The summed E-state index contributed by atoms with van der Waals surface area (Å²) in [6.45, 7) is 0. The van der Waals surface area contributed by atoms with E-state index in [1.807, 2.05) is 0 Å². The van der Waals surface area contributed by atoms with Gasteiger partial charge >= 0.3 is 35.0 Å². The van der Waals surface area contributed by atoms with Crippen molar-refractivity contribution in [2.75, 3.05) is 0 Å². The molecule has 0 amide bonds. The van der Waals surface area contributed by atoms with Gasteiger partial charge in [-0.15, -0.1) is 12.4 Å². The van der Waals surface area contributed by atoms with Crippen LogP contribution in [0, 0.1) is 11.8 Å². The molecule has 0 heterocycles. The predicted octanol–water partition coefficient (Wildman–Crippen LogP) is 3.55. The van der Waals surface area contributed by atoms with E-state index in [-0.39, 0.29) is 28.3 Å². The molecule has 0 fully saturated rings. The summed E-state index contributed by atoms with van der Waals surface area (Å²) in [6, 6.07) is 0. The van der Waals surface area contributed by atoms with Gasteiger partial charge < -0.3 is 0 Å². The van der Waals surface area contributed by atoms with Crippen LogP contribution in [0.5, 0.6) is 0 Å². The van der Waals surface area contributed by atoms with Crippen molar-refractivity contribution in [1.82, 2.24) is 0 Å². The Labute approximate surface area is 89.5 Å². The fourth-order valence-corrected chi connectivity index (χ4v) is 1.33. The molecule has 4 heteroatoms. The summed E-state index contributed by atoms with van der Waals surface area (Å²) < 4.78 is 0. The van der Waals surface area contributed by atoms with Crippen LogP contribution < -0.4 is 0 Å². The Hall–Kier alpha value is 1.01. The summed E-state index contributed by atoms with van der Waals surface area (Å²) in [4.78, 5) is 0. The van der Waals surface area contributed by atoms with E-state index in [1.54, 1.807) is 0 Å². The third-order valence-electron chi connectivity index (χ3n) is 1.76. The molecule has 0 atom stereocenters. The Balaban J connectivity index is 0.000000225. The first-order chi connectivity index (χ1) is 4.86. The van der Waals surface area contributed by atoms with Gasteiger partial charge in [0.2, 0.25) is 0 Å². The summed E-state index contributed by atoms with van der Waals surface area (Å²) >= 11 is -0.106. The summed E-state index contributed by atoms with van der Waals surface area (Å²) in [7, 11) is 9.63. The van der Waals surface area contributed by atoms with E-state index in [0.29, 0.717) is 0 Å². The van der Waals surface area contributed by atoms with Gasteiger partial charge in [0.05, 0.1) is 0 Å². The molecule has 2 rings (SSSR count). The van der Waals surface area contributed by atoms with Crippen molar-refractivity contribution in [3.8, 4) is 0 Å². The van der Waals surface area contributed by atoms with E-state index in [2.05, 4.69) is 24.3 Å². The van der Waals surface area contributed by atoms with Crippen LogP contribution in [0.25, 0.3) is 0 Å². The van der Waals surface area contributed by atoms with Gasteiger partial charge in [-0.05, 0) is 18.3 Å². The molecule has 0 aromatic heterocycles. The standard InChI is InChI=1S/C7H8.3ClH.Pd/c1-2-7-4-3-6(1)5-7;;;;/h1-4,6-7H,5H2;3*1H;/q;;;;+2/p-2. The van der Waals surface area contributed by atoms with Crippen molar-refractivity contribution in [2.24, 2.45) is 11.8 Å². The van der Waals surface area contributed by atoms with Crippen LogP contribution in [0.2, 0.25) is 0 Å². The first-order valence-corrected chi connectivity index (χ1v) is 7.06. The second-order valence-electron chi connectivity index (χ2n) is 2.38. The molecule has 0 aromatic rings. The third-order valence-corrected chi connectivity index (χ3v) is 1.76. The predicted molar refractivity (Wildman–Crippen MR) is 48.8 cm³/mol. The fraction of sp³-hybridized carbons (Fsp3) is 0.429.